The van der Waals surface area contributed by atoms with Gasteiger partial charge in [-0.15, -0.1) is 0 Å². The normalized spacial score (nSPS) is 20.0. The van der Waals surface area contributed by atoms with Crippen LogP contribution in [0.1, 0.15) is 40.7 Å². The number of rotatable bonds is 6. The molecule has 6 nitrogen and oxygen atoms in total. The average molecular weight is 381 g/mol. The molecule has 2 aromatic rings. The highest BCUT2D eigenvalue weighted by atomic mass is 16.3. The lowest BCUT2D eigenvalue weighted by atomic mass is 9.92. The number of nitrogens with one attached hydrogen (secondary N) is 3. The Morgan fingerprint density at radius 3 is 2.82 bits per heavy atom. The lowest BCUT2D eigenvalue weighted by molar-refractivity contribution is 0.0870. The molecule has 1 amide bonds. The fourth-order valence-electron chi connectivity index (χ4n) is 3.78. The molecule has 1 fully saturated rings. The zero-order valence-electron chi connectivity index (χ0n) is 15.8. The molecule has 1 aliphatic carbocycles. The van der Waals surface area contributed by atoms with Crippen molar-refractivity contribution in [2.75, 3.05) is 11.9 Å². The Labute approximate surface area is 165 Å². The lowest BCUT2D eigenvalue weighted by Gasteiger charge is -2.30. The number of anilines is 1. The standard InChI is InChI=1S/C22H27N3O3/c26-19-8-7-14-11-20(23-12-16(14)10-19)21(27)13-24-22(28)15-3-1-6-18(9-15)25-17-4-2-5-17/h1,3,6-10,17,20-21,23,25-27H,2,4-5,11-13H2,(H,24,28)/t20-,21?/m0/s1. The topological polar surface area (TPSA) is 93.6 Å². The number of benzene rings is 2. The fourth-order valence-corrected chi connectivity index (χ4v) is 3.78. The van der Waals surface area contributed by atoms with Gasteiger partial charge in [-0.3, -0.25) is 4.79 Å². The Kier molecular flexibility index (Phi) is 5.50. The van der Waals surface area contributed by atoms with Crippen LogP contribution in [0.2, 0.25) is 0 Å². The van der Waals surface area contributed by atoms with Gasteiger partial charge in [0.05, 0.1) is 6.10 Å². The lowest BCUT2D eigenvalue weighted by Crippen LogP contribution is -2.49. The summed E-state index contributed by atoms with van der Waals surface area (Å²) in [4.78, 5) is 12.5. The summed E-state index contributed by atoms with van der Waals surface area (Å²) in [5, 5.41) is 29.7. The van der Waals surface area contributed by atoms with Crippen LogP contribution in [0, 0.1) is 0 Å². The van der Waals surface area contributed by atoms with E-state index in [1.54, 1.807) is 18.2 Å². The van der Waals surface area contributed by atoms with E-state index in [4.69, 9.17) is 0 Å². The number of amides is 1. The maximum Gasteiger partial charge on any atom is 0.251 e. The predicted molar refractivity (Wildman–Crippen MR) is 108 cm³/mol. The number of phenols is 1. The molecule has 5 N–H and O–H groups in total. The van der Waals surface area contributed by atoms with Gasteiger partial charge >= 0.3 is 0 Å². The van der Waals surface area contributed by atoms with E-state index in [0.29, 0.717) is 24.6 Å². The summed E-state index contributed by atoms with van der Waals surface area (Å²) in [6.07, 6.45) is 3.59. The van der Waals surface area contributed by atoms with Gasteiger partial charge in [-0.05, 0) is 67.1 Å². The van der Waals surface area contributed by atoms with Crippen molar-refractivity contribution >= 4 is 11.6 Å². The molecule has 2 aromatic carbocycles. The molecule has 1 saturated carbocycles. The van der Waals surface area contributed by atoms with Gasteiger partial charge in [0.1, 0.15) is 5.75 Å². The maximum absolute atomic E-state index is 12.5. The summed E-state index contributed by atoms with van der Waals surface area (Å²) < 4.78 is 0. The van der Waals surface area contributed by atoms with E-state index >= 15 is 0 Å². The first kappa shape index (κ1) is 18.8. The SMILES string of the molecule is O=C(NCC(O)[C@@H]1Cc2ccc(O)cc2CN1)c1cccc(NC2CCC2)c1. The van der Waals surface area contributed by atoms with Crippen LogP contribution < -0.4 is 16.0 Å². The van der Waals surface area contributed by atoms with E-state index < -0.39 is 6.10 Å². The molecule has 0 spiro atoms. The Balaban J connectivity index is 1.31. The molecular weight excluding hydrogens is 354 g/mol. The summed E-state index contributed by atoms with van der Waals surface area (Å²) in [7, 11) is 0. The van der Waals surface area contributed by atoms with Crippen LogP contribution in [0.25, 0.3) is 0 Å². The fraction of sp³-hybridized carbons (Fsp3) is 0.409. The summed E-state index contributed by atoms with van der Waals surface area (Å²) >= 11 is 0. The second kappa shape index (κ2) is 8.20. The van der Waals surface area contributed by atoms with Crippen molar-refractivity contribution in [2.24, 2.45) is 0 Å². The third-order valence-corrected chi connectivity index (χ3v) is 5.72. The second-order valence-electron chi connectivity index (χ2n) is 7.77. The quantitative estimate of drug-likeness (QED) is 0.529. The van der Waals surface area contributed by atoms with Gasteiger partial charge in [-0.1, -0.05) is 12.1 Å². The molecule has 0 radical (unpaired) electrons. The van der Waals surface area contributed by atoms with Crippen molar-refractivity contribution in [3.63, 3.8) is 0 Å². The van der Waals surface area contributed by atoms with Gasteiger partial charge in [0.15, 0.2) is 0 Å². The molecule has 4 rings (SSSR count). The zero-order chi connectivity index (χ0) is 19.5. The minimum atomic E-state index is -0.692. The molecule has 28 heavy (non-hydrogen) atoms. The number of carbonyl (C=O) groups excluding carboxylic acids is 1. The predicted octanol–water partition coefficient (Wildman–Crippen LogP) is 2.16. The molecule has 2 atom stereocenters. The van der Waals surface area contributed by atoms with Crippen molar-refractivity contribution in [3.05, 3.63) is 59.2 Å². The van der Waals surface area contributed by atoms with Gasteiger partial charge in [0, 0.05) is 36.4 Å². The molecule has 0 bridgehead atoms. The van der Waals surface area contributed by atoms with Crippen molar-refractivity contribution in [3.8, 4) is 5.75 Å². The summed E-state index contributed by atoms with van der Waals surface area (Å²) in [5.41, 5.74) is 3.71. The minimum Gasteiger partial charge on any atom is -0.508 e. The molecule has 0 saturated heterocycles. The number of hydrogen-bond acceptors (Lipinski definition) is 5. The number of aliphatic hydroxyl groups is 1. The van der Waals surface area contributed by atoms with E-state index in [1.807, 2.05) is 24.3 Å². The van der Waals surface area contributed by atoms with E-state index in [2.05, 4.69) is 16.0 Å². The first-order valence-corrected chi connectivity index (χ1v) is 9.95. The Morgan fingerprint density at radius 1 is 1.18 bits per heavy atom. The zero-order valence-corrected chi connectivity index (χ0v) is 15.8. The Hall–Kier alpha value is -2.57. The first-order valence-electron chi connectivity index (χ1n) is 9.95. The Morgan fingerprint density at radius 2 is 2.04 bits per heavy atom. The molecule has 148 valence electrons. The molecule has 0 aromatic heterocycles. The molecule has 6 heteroatoms. The van der Waals surface area contributed by atoms with Crippen LogP contribution >= 0.6 is 0 Å². The molecule has 1 heterocycles. The summed E-state index contributed by atoms with van der Waals surface area (Å²) in [6.45, 7) is 0.776. The van der Waals surface area contributed by atoms with Crippen molar-refractivity contribution in [1.82, 2.24) is 10.6 Å². The first-order chi connectivity index (χ1) is 13.6. The molecular formula is C22H27N3O3. The van der Waals surface area contributed by atoms with Crippen LogP contribution in [-0.2, 0) is 13.0 Å². The van der Waals surface area contributed by atoms with Gasteiger partial charge in [-0.2, -0.15) is 0 Å². The van der Waals surface area contributed by atoms with Crippen LogP contribution in [0.15, 0.2) is 42.5 Å². The van der Waals surface area contributed by atoms with Crippen LogP contribution in [0.3, 0.4) is 0 Å². The number of aliphatic hydroxyl groups excluding tert-OH is 1. The highest BCUT2D eigenvalue weighted by molar-refractivity contribution is 5.95. The van der Waals surface area contributed by atoms with E-state index in [0.717, 1.165) is 16.8 Å². The van der Waals surface area contributed by atoms with E-state index in [-0.39, 0.29) is 24.2 Å². The van der Waals surface area contributed by atoms with Crippen molar-refractivity contribution < 1.29 is 15.0 Å². The highest BCUT2D eigenvalue weighted by Crippen LogP contribution is 2.24. The van der Waals surface area contributed by atoms with Gasteiger partial charge in [-0.25, -0.2) is 0 Å². The third kappa shape index (κ3) is 4.29. The van der Waals surface area contributed by atoms with Gasteiger partial charge in [0.25, 0.3) is 5.91 Å². The third-order valence-electron chi connectivity index (χ3n) is 5.72. The van der Waals surface area contributed by atoms with Crippen LogP contribution in [0.5, 0.6) is 5.75 Å². The van der Waals surface area contributed by atoms with Crippen LogP contribution in [0.4, 0.5) is 5.69 Å². The number of carbonyl (C=O) groups is 1. The maximum atomic E-state index is 12.5. The number of phenolic OH excluding ortho intramolecular Hbond substituents is 1. The minimum absolute atomic E-state index is 0.135. The largest absolute Gasteiger partial charge is 0.508 e. The van der Waals surface area contributed by atoms with Crippen molar-refractivity contribution in [1.29, 1.82) is 0 Å². The number of fused-ring (bicyclic) bond motifs is 1. The number of hydrogen-bond donors (Lipinski definition) is 5. The smallest absolute Gasteiger partial charge is 0.251 e. The van der Waals surface area contributed by atoms with E-state index in [1.165, 1.54) is 19.3 Å². The Bertz CT molecular complexity index is 851. The molecule has 1 aliphatic heterocycles. The summed E-state index contributed by atoms with van der Waals surface area (Å²) in [5.74, 6) is 0.0679. The monoisotopic (exact) mass is 381 g/mol. The molecule has 2 aliphatic rings. The van der Waals surface area contributed by atoms with E-state index in [9.17, 15) is 15.0 Å². The number of aromatic hydroxyl groups is 1. The van der Waals surface area contributed by atoms with Gasteiger partial charge < -0.3 is 26.2 Å². The molecule has 1 unspecified atom stereocenters. The van der Waals surface area contributed by atoms with Gasteiger partial charge in [0.2, 0.25) is 0 Å². The summed E-state index contributed by atoms with van der Waals surface area (Å²) in [6, 6.07) is 13.2. The average Bonchev–Trinajstić information content (AvgIpc) is 2.68. The van der Waals surface area contributed by atoms with Crippen molar-refractivity contribution in [2.45, 2.75) is 50.4 Å². The highest BCUT2D eigenvalue weighted by Gasteiger charge is 2.25. The second-order valence-corrected chi connectivity index (χ2v) is 7.77. The van der Waals surface area contributed by atoms with Crippen LogP contribution in [-0.4, -0.2) is 40.9 Å².